The van der Waals surface area contributed by atoms with E-state index in [0.29, 0.717) is 22.3 Å². The van der Waals surface area contributed by atoms with Crippen LogP contribution in [0.4, 0.5) is 10.7 Å². The topological polar surface area (TPSA) is 54.6 Å². The smallest absolute Gasteiger partial charge is 0.259 e. The number of rotatable bonds is 5. The van der Waals surface area contributed by atoms with Gasteiger partial charge in [0.05, 0.1) is 11.8 Å². The molecule has 0 radical (unpaired) electrons. The fourth-order valence-electron chi connectivity index (χ4n) is 4.69. The lowest BCUT2D eigenvalue weighted by Crippen LogP contribution is -2.27. The van der Waals surface area contributed by atoms with Crippen molar-refractivity contribution < 1.29 is 9.21 Å². The average Bonchev–Trinajstić information content (AvgIpc) is 3.47. The molecule has 2 aromatic carbocycles. The van der Waals surface area contributed by atoms with Gasteiger partial charge >= 0.3 is 0 Å². The molecule has 184 valence electrons. The molecule has 0 saturated heterocycles. The van der Waals surface area contributed by atoms with Gasteiger partial charge in [0.2, 0.25) is 0 Å². The van der Waals surface area contributed by atoms with Crippen molar-refractivity contribution in [2.75, 3.05) is 5.32 Å². The summed E-state index contributed by atoms with van der Waals surface area (Å²) < 4.78 is 6.00. The Balaban J connectivity index is 1.47. The average molecular weight is 517 g/mol. The maximum absolute atomic E-state index is 13.5. The Morgan fingerprint density at radius 2 is 1.92 bits per heavy atom. The normalized spacial score (nSPS) is 15.7. The number of fused-ring (bicyclic) bond motifs is 1. The molecule has 4 aromatic rings. The van der Waals surface area contributed by atoms with Crippen molar-refractivity contribution in [2.45, 2.75) is 40.0 Å². The second-order valence-electron chi connectivity index (χ2n) is 10.3. The monoisotopic (exact) mass is 516 g/mol. The summed E-state index contributed by atoms with van der Waals surface area (Å²) in [6, 6.07) is 20.9. The molecule has 0 unspecified atom stereocenters. The van der Waals surface area contributed by atoms with Crippen LogP contribution >= 0.6 is 22.9 Å². The highest BCUT2D eigenvalue weighted by molar-refractivity contribution is 7.16. The van der Waals surface area contributed by atoms with Crippen molar-refractivity contribution >= 4 is 45.7 Å². The van der Waals surface area contributed by atoms with Crippen LogP contribution in [-0.4, -0.2) is 12.1 Å². The molecule has 4 nitrogen and oxygen atoms in total. The van der Waals surface area contributed by atoms with Gasteiger partial charge in [-0.15, -0.1) is 11.3 Å². The first-order valence-electron chi connectivity index (χ1n) is 12.2. The van der Waals surface area contributed by atoms with Crippen LogP contribution in [0.3, 0.4) is 0 Å². The fourth-order valence-corrected chi connectivity index (χ4v) is 6.15. The van der Waals surface area contributed by atoms with Crippen LogP contribution in [0, 0.1) is 11.3 Å². The molecule has 2 aromatic heterocycles. The Kier molecular flexibility index (Phi) is 6.87. The number of thiophene rings is 1. The van der Waals surface area contributed by atoms with E-state index in [4.69, 9.17) is 21.0 Å². The van der Waals surface area contributed by atoms with Crippen molar-refractivity contribution in [1.82, 2.24) is 0 Å². The van der Waals surface area contributed by atoms with Gasteiger partial charge in [0.25, 0.3) is 5.91 Å². The van der Waals surface area contributed by atoms with E-state index in [9.17, 15) is 4.79 Å². The lowest BCUT2D eigenvalue weighted by atomic mass is 9.72. The van der Waals surface area contributed by atoms with Gasteiger partial charge in [0.15, 0.2) is 0 Å². The zero-order valence-corrected chi connectivity index (χ0v) is 22.2. The Morgan fingerprint density at radius 3 is 2.67 bits per heavy atom. The minimum atomic E-state index is -0.112. The molecule has 1 N–H and O–H groups in total. The maximum Gasteiger partial charge on any atom is 0.259 e. The molecule has 1 atom stereocenters. The molecule has 6 heteroatoms. The van der Waals surface area contributed by atoms with Crippen LogP contribution < -0.4 is 5.32 Å². The standard InChI is InChI=1S/C30H29ClN2O2S/c1-30(2,3)20-12-14-24-26(17-20)36-29(27(24)28(34)33-22-10-5-4-6-11-22)32-18-23-13-15-25(35-23)19-8-7-9-21(31)16-19/h4-11,13,15-16,18,20H,12,14,17H2,1-3H3,(H,33,34)/t20-/m1/s1. The van der Waals surface area contributed by atoms with Crippen molar-refractivity contribution in [3.63, 3.8) is 0 Å². The Bertz CT molecular complexity index is 1410. The van der Waals surface area contributed by atoms with E-state index >= 15 is 0 Å². The number of hydrogen-bond donors (Lipinski definition) is 1. The second-order valence-corrected chi connectivity index (χ2v) is 11.8. The van der Waals surface area contributed by atoms with E-state index in [1.807, 2.05) is 66.7 Å². The van der Waals surface area contributed by atoms with Crippen LogP contribution in [0.2, 0.25) is 5.02 Å². The highest BCUT2D eigenvalue weighted by Crippen LogP contribution is 2.45. The summed E-state index contributed by atoms with van der Waals surface area (Å²) in [5, 5.41) is 4.45. The maximum atomic E-state index is 13.5. The van der Waals surface area contributed by atoms with Crippen molar-refractivity contribution in [1.29, 1.82) is 0 Å². The van der Waals surface area contributed by atoms with Gasteiger partial charge in [-0.25, -0.2) is 4.99 Å². The number of hydrogen-bond acceptors (Lipinski definition) is 4. The molecule has 1 aliphatic rings. The molecular weight excluding hydrogens is 488 g/mol. The molecule has 5 rings (SSSR count). The number of amides is 1. The number of para-hydroxylation sites is 1. The van der Waals surface area contributed by atoms with Crippen molar-refractivity contribution in [2.24, 2.45) is 16.3 Å². The lowest BCUT2D eigenvalue weighted by Gasteiger charge is -2.33. The number of aliphatic imine (C=N–C) groups is 1. The summed E-state index contributed by atoms with van der Waals surface area (Å²) in [4.78, 5) is 19.5. The van der Waals surface area contributed by atoms with E-state index in [1.54, 1.807) is 17.6 Å². The lowest BCUT2D eigenvalue weighted by molar-refractivity contribution is 0.102. The van der Waals surface area contributed by atoms with Gasteiger partial charge in [0.1, 0.15) is 16.5 Å². The zero-order valence-electron chi connectivity index (χ0n) is 20.7. The number of nitrogens with zero attached hydrogens (tertiary/aromatic N) is 1. The predicted molar refractivity (Wildman–Crippen MR) is 150 cm³/mol. The number of nitrogens with one attached hydrogen (secondary N) is 1. The number of furan rings is 1. The predicted octanol–water partition coefficient (Wildman–Crippen LogP) is 8.82. The first-order valence-corrected chi connectivity index (χ1v) is 13.4. The summed E-state index contributed by atoms with van der Waals surface area (Å²) in [5.41, 5.74) is 3.73. The van der Waals surface area contributed by atoms with Crippen LogP contribution in [0.25, 0.3) is 11.3 Å². The third kappa shape index (κ3) is 5.32. The third-order valence-electron chi connectivity index (χ3n) is 6.78. The molecule has 2 heterocycles. The van der Waals surface area contributed by atoms with E-state index in [-0.39, 0.29) is 11.3 Å². The molecule has 0 saturated carbocycles. The molecular formula is C30H29ClN2O2S. The van der Waals surface area contributed by atoms with Gasteiger partial charge in [-0.2, -0.15) is 0 Å². The summed E-state index contributed by atoms with van der Waals surface area (Å²) in [7, 11) is 0. The van der Waals surface area contributed by atoms with E-state index in [2.05, 4.69) is 26.1 Å². The van der Waals surface area contributed by atoms with E-state index < -0.39 is 0 Å². The summed E-state index contributed by atoms with van der Waals surface area (Å²) >= 11 is 7.76. The number of anilines is 1. The van der Waals surface area contributed by atoms with Gasteiger partial charge in [-0.3, -0.25) is 4.79 Å². The largest absolute Gasteiger partial charge is 0.455 e. The Morgan fingerprint density at radius 1 is 1.11 bits per heavy atom. The molecule has 1 amide bonds. The van der Waals surface area contributed by atoms with Crippen molar-refractivity contribution in [3.05, 3.63) is 93.5 Å². The first kappa shape index (κ1) is 24.5. The zero-order chi connectivity index (χ0) is 25.3. The molecule has 0 fully saturated rings. The molecule has 0 aliphatic heterocycles. The van der Waals surface area contributed by atoms with Gasteiger partial charge < -0.3 is 9.73 Å². The Hall–Kier alpha value is -3.15. The number of benzene rings is 2. The van der Waals surface area contributed by atoms with E-state index in [0.717, 1.165) is 46.8 Å². The number of carbonyl (C=O) groups excluding carboxylic acids is 1. The van der Waals surface area contributed by atoms with Crippen LogP contribution in [0.5, 0.6) is 0 Å². The van der Waals surface area contributed by atoms with E-state index in [1.165, 1.54) is 4.88 Å². The summed E-state index contributed by atoms with van der Waals surface area (Å²) in [5.74, 6) is 1.81. The van der Waals surface area contributed by atoms with Gasteiger partial charge in [0, 0.05) is 21.2 Å². The third-order valence-corrected chi connectivity index (χ3v) is 8.17. The van der Waals surface area contributed by atoms with Crippen LogP contribution in [-0.2, 0) is 12.8 Å². The summed E-state index contributed by atoms with van der Waals surface area (Å²) in [6.07, 6.45) is 4.64. The number of halogens is 1. The van der Waals surface area contributed by atoms with Gasteiger partial charge in [-0.05, 0) is 72.6 Å². The molecule has 1 aliphatic carbocycles. The molecule has 36 heavy (non-hydrogen) atoms. The molecule has 0 spiro atoms. The first-order chi connectivity index (χ1) is 17.3. The fraction of sp³-hybridized carbons (Fsp3) is 0.267. The van der Waals surface area contributed by atoms with Gasteiger partial charge in [-0.1, -0.05) is 62.7 Å². The highest BCUT2D eigenvalue weighted by atomic mass is 35.5. The van der Waals surface area contributed by atoms with Crippen LogP contribution in [0.15, 0.2) is 76.1 Å². The van der Waals surface area contributed by atoms with Crippen LogP contribution in [0.1, 0.15) is 53.8 Å². The summed E-state index contributed by atoms with van der Waals surface area (Å²) in [6.45, 7) is 6.90. The molecule has 0 bridgehead atoms. The van der Waals surface area contributed by atoms with Crippen molar-refractivity contribution in [3.8, 4) is 11.3 Å². The number of carbonyl (C=O) groups is 1. The second kappa shape index (κ2) is 10.1. The minimum Gasteiger partial charge on any atom is -0.455 e. The SMILES string of the molecule is CC(C)(C)[C@@H]1CCc2c(sc(N=Cc3ccc(-c4cccc(Cl)c4)o3)c2C(=O)Nc2ccccc2)C1. The quantitative estimate of drug-likeness (QED) is 0.269. The Labute approximate surface area is 221 Å². The highest BCUT2D eigenvalue weighted by Gasteiger charge is 2.33. The minimum absolute atomic E-state index is 0.112.